The zero-order chi connectivity index (χ0) is 25.3. The lowest BCUT2D eigenvalue weighted by Gasteiger charge is -2.13. The molecule has 180 valence electrons. The third-order valence-electron chi connectivity index (χ3n) is 6.33. The van der Waals surface area contributed by atoms with Gasteiger partial charge in [-0.05, 0) is 87.4 Å². The minimum absolute atomic E-state index is 0.0247. The molecule has 0 atom stereocenters. The molecule has 0 fully saturated rings. The lowest BCUT2D eigenvalue weighted by molar-refractivity contribution is -0.112. The van der Waals surface area contributed by atoms with Crippen LogP contribution in [-0.2, 0) is 22.4 Å². The van der Waals surface area contributed by atoms with Crippen LogP contribution < -0.4 is 5.32 Å². The number of fused-ring (bicyclic) bond motifs is 1. The highest BCUT2D eigenvalue weighted by Gasteiger charge is 2.28. The van der Waals surface area contributed by atoms with Crippen LogP contribution in [0.15, 0.2) is 29.8 Å². The highest BCUT2D eigenvalue weighted by molar-refractivity contribution is 7.15. The molecule has 1 aliphatic carbocycles. The molecular weight excluding hydrogens is 482 g/mol. The van der Waals surface area contributed by atoms with Crippen LogP contribution in [0.2, 0.25) is 5.02 Å². The first-order chi connectivity index (χ1) is 16.7. The summed E-state index contributed by atoms with van der Waals surface area (Å²) < 4.78 is 7.16. The molecule has 0 aliphatic heterocycles. The van der Waals surface area contributed by atoms with Gasteiger partial charge in [0.1, 0.15) is 16.6 Å². The summed E-state index contributed by atoms with van der Waals surface area (Å²) in [6, 6.07) is 9.14. The van der Waals surface area contributed by atoms with E-state index in [-0.39, 0.29) is 11.5 Å². The molecule has 0 spiro atoms. The van der Waals surface area contributed by atoms with Gasteiger partial charge in [-0.2, -0.15) is 5.26 Å². The number of aromatic nitrogens is 1. The quantitative estimate of drug-likeness (QED) is 0.248. The summed E-state index contributed by atoms with van der Waals surface area (Å²) in [4.78, 5) is 26.9. The maximum Gasteiger partial charge on any atom is 0.341 e. The molecule has 0 unspecified atom stereocenters. The van der Waals surface area contributed by atoms with E-state index >= 15 is 0 Å². The lowest BCUT2D eigenvalue weighted by atomic mass is 9.95. The SMILES string of the molecule is COC(=O)c1c(-n2c(C)cc(/C=C(/C#N)C(=O)Nc3cc(Cl)ccc3C)c2C)sc2c1CCCC2. The number of nitriles is 1. The van der Waals surface area contributed by atoms with Crippen molar-refractivity contribution in [2.45, 2.75) is 46.5 Å². The number of anilines is 1. The Hall–Kier alpha value is -3.34. The van der Waals surface area contributed by atoms with Gasteiger partial charge in [-0.15, -0.1) is 11.3 Å². The van der Waals surface area contributed by atoms with Crippen molar-refractivity contribution in [1.29, 1.82) is 5.26 Å². The molecule has 1 N–H and O–H groups in total. The number of nitrogens with zero attached hydrogens (tertiary/aromatic N) is 2. The molecular formula is C27H26ClN3O3S. The number of hydrogen-bond acceptors (Lipinski definition) is 5. The van der Waals surface area contributed by atoms with Crippen molar-refractivity contribution in [2.24, 2.45) is 0 Å². The second-order valence-corrected chi connectivity index (χ2v) is 10.1. The number of carbonyl (C=O) groups is 2. The third-order valence-corrected chi connectivity index (χ3v) is 7.84. The number of halogens is 1. The lowest BCUT2D eigenvalue weighted by Crippen LogP contribution is -2.14. The molecule has 2 aromatic heterocycles. The normalized spacial score (nSPS) is 13.2. The number of carbonyl (C=O) groups excluding carboxylic acids is 2. The Labute approximate surface area is 213 Å². The van der Waals surface area contributed by atoms with Gasteiger partial charge in [0.05, 0.1) is 12.7 Å². The van der Waals surface area contributed by atoms with Crippen LogP contribution in [0.25, 0.3) is 11.1 Å². The Kier molecular flexibility index (Phi) is 7.15. The largest absolute Gasteiger partial charge is 0.465 e. The first-order valence-electron chi connectivity index (χ1n) is 11.4. The standard InChI is InChI=1S/C27H26ClN3O3S/c1-15-9-10-20(28)13-22(15)30-25(32)19(14-29)12-18-11-16(2)31(17(18)3)26-24(27(33)34-4)21-7-5-6-8-23(21)35-26/h9-13H,5-8H2,1-4H3,(H,30,32)/b19-12-. The van der Waals surface area contributed by atoms with Gasteiger partial charge >= 0.3 is 5.97 Å². The molecule has 0 saturated heterocycles. The van der Waals surface area contributed by atoms with Crippen molar-refractivity contribution >= 4 is 46.6 Å². The fourth-order valence-corrected chi connectivity index (χ4v) is 6.15. The summed E-state index contributed by atoms with van der Waals surface area (Å²) >= 11 is 7.68. The highest BCUT2D eigenvalue weighted by Crippen LogP contribution is 2.39. The highest BCUT2D eigenvalue weighted by atomic mass is 35.5. The number of thiophene rings is 1. The second kappa shape index (κ2) is 10.1. The van der Waals surface area contributed by atoms with Gasteiger partial charge in [-0.25, -0.2) is 4.79 Å². The van der Waals surface area contributed by atoms with Crippen molar-refractivity contribution in [2.75, 3.05) is 12.4 Å². The molecule has 0 saturated carbocycles. The summed E-state index contributed by atoms with van der Waals surface area (Å²) in [6.07, 6.45) is 5.57. The van der Waals surface area contributed by atoms with Crippen molar-refractivity contribution < 1.29 is 14.3 Å². The number of rotatable bonds is 5. The predicted octanol–water partition coefficient (Wildman–Crippen LogP) is 6.33. The average molecular weight is 508 g/mol. The molecule has 2 heterocycles. The molecule has 3 aromatic rings. The number of hydrogen-bond donors (Lipinski definition) is 1. The summed E-state index contributed by atoms with van der Waals surface area (Å²) in [5.74, 6) is -0.845. The van der Waals surface area contributed by atoms with E-state index in [0.29, 0.717) is 16.3 Å². The van der Waals surface area contributed by atoms with Crippen LogP contribution in [0.1, 0.15) is 56.2 Å². The maximum absolute atomic E-state index is 12.9. The number of amides is 1. The smallest absolute Gasteiger partial charge is 0.341 e. The van der Waals surface area contributed by atoms with E-state index in [0.717, 1.165) is 58.8 Å². The topological polar surface area (TPSA) is 84.1 Å². The number of nitrogens with one attached hydrogen (secondary N) is 1. The second-order valence-electron chi connectivity index (χ2n) is 8.63. The van der Waals surface area contributed by atoms with Gasteiger partial charge in [0.15, 0.2) is 0 Å². The first-order valence-corrected chi connectivity index (χ1v) is 12.6. The zero-order valence-corrected chi connectivity index (χ0v) is 21.7. The molecule has 6 nitrogen and oxygen atoms in total. The summed E-state index contributed by atoms with van der Waals surface area (Å²) in [6.45, 7) is 5.73. The van der Waals surface area contributed by atoms with Gasteiger partial charge < -0.3 is 14.6 Å². The molecule has 1 aliphatic rings. The van der Waals surface area contributed by atoms with E-state index in [2.05, 4.69) is 5.32 Å². The van der Waals surface area contributed by atoms with Crippen LogP contribution in [0.5, 0.6) is 0 Å². The van der Waals surface area contributed by atoms with Crippen molar-refractivity contribution in [3.8, 4) is 11.1 Å². The van der Waals surface area contributed by atoms with E-state index in [1.165, 1.54) is 12.0 Å². The molecule has 0 radical (unpaired) electrons. The van der Waals surface area contributed by atoms with Crippen LogP contribution in [0, 0.1) is 32.1 Å². The number of aryl methyl sites for hydroxylation is 3. The first kappa shape index (κ1) is 24.8. The van der Waals surface area contributed by atoms with E-state index in [4.69, 9.17) is 16.3 Å². The van der Waals surface area contributed by atoms with Crippen molar-refractivity contribution in [3.63, 3.8) is 0 Å². The van der Waals surface area contributed by atoms with Gasteiger partial charge in [-0.1, -0.05) is 17.7 Å². The van der Waals surface area contributed by atoms with Gasteiger partial charge in [0.25, 0.3) is 5.91 Å². The Morgan fingerprint density at radius 1 is 1.20 bits per heavy atom. The van der Waals surface area contributed by atoms with Gasteiger partial charge in [0.2, 0.25) is 0 Å². The number of ether oxygens (including phenoxy) is 1. The van der Waals surface area contributed by atoms with E-state index in [1.807, 2.05) is 37.5 Å². The Morgan fingerprint density at radius 2 is 1.94 bits per heavy atom. The summed E-state index contributed by atoms with van der Waals surface area (Å²) in [5, 5.41) is 13.8. The van der Waals surface area contributed by atoms with Gasteiger partial charge in [0, 0.05) is 27.0 Å². The minimum Gasteiger partial charge on any atom is -0.465 e. The van der Waals surface area contributed by atoms with Crippen LogP contribution in [-0.4, -0.2) is 23.6 Å². The summed E-state index contributed by atoms with van der Waals surface area (Å²) in [7, 11) is 1.40. The van der Waals surface area contributed by atoms with Gasteiger partial charge in [-0.3, -0.25) is 4.79 Å². The van der Waals surface area contributed by atoms with Crippen LogP contribution in [0.4, 0.5) is 5.69 Å². The predicted molar refractivity (Wildman–Crippen MR) is 140 cm³/mol. The number of methoxy groups -OCH3 is 1. The molecule has 1 amide bonds. The molecule has 35 heavy (non-hydrogen) atoms. The van der Waals surface area contributed by atoms with E-state index in [1.54, 1.807) is 35.6 Å². The fraction of sp³-hybridized carbons (Fsp3) is 0.296. The monoisotopic (exact) mass is 507 g/mol. The zero-order valence-electron chi connectivity index (χ0n) is 20.1. The number of benzene rings is 1. The third kappa shape index (κ3) is 4.77. The molecule has 0 bridgehead atoms. The van der Waals surface area contributed by atoms with Crippen molar-refractivity contribution in [1.82, 2.24) is 4.57 Å². The van der Waals surface area contributed by atoms with E-state index in [9.17, 15) is 14.9 Å². The molecule has 4 rings (SSSR count). The Morgan fingerprint density at radius 3 is 2.66 bits per heavy atom. The maximum atomic E-state index is 12.9. The van der Waals surface area contributed by atoms with Crippen LogP contribution >= 0.6 is 22.9 Å². The van der Waals surface area contributed by atoms with E-state index < -0.39 is 5.91 Å². The van der Waals surface area contributed by atoms with Crippen LogP contribution in [0.3, 0.4) is 0 Å². The molecule has 1 aromatic carbocycles. The Balaban J connectivity index is 1.74. The fourth-order valence-electron chi connectivity index (χ4n) is 4.49. The number of esters is 1. The average Bonchev–Trinajstić information content (AvgIpc) is 3.35. The molecule has 8 heteroatoms. The summed E-state index contributed by atoms with van der Waals surface area (Å²) in [5.41, 5.74) is 5.56. The Bertz CT molecular complexity index is 1410. The minimum atomic E-state index is -0.510. The van der Waals surface area contributed by atoms with Crippen molar-refractivity contribution in [3.05, 3.63) is 73.4 Å².